The molecule has 0 unspecified atom stereocenters. The summed E-state index contributed by atoms with van der Waals surface area (Å²) < 4.78 is 12.9. The van der Waals surface area contributed by atoms with Gasteiger partial charge in [-0.3, -0.25) is 4.79 Å². The summed E-state index contributed by atoms with van der Waals surface area (Å²) in [4.78, 5) is 11.7. The van der Waals surface area contributed by atoms with E-state index in [1.165, 1.54) is 12.1 Å². The minimum Gasteiger partial charge on any atom is -0.356 e. The van der Waals surface area contributed by atoms with Crippen LogP contribution in [0.5, 0.6) is 0 Å². The van der Waals surface area contributed by atoms with Crippen molar-refractivity contribution in [3.05, 3.63) is 35.1 Å². The van der Waals surface area contributed by atoms with E-state index in [2.05, 4.69) is 5.32 Å². The molecule has 1 aromatic carbocycles. The van der Waals surface area contributed by atoms with Gasteiger partial charge in [-0.25, -0.2) is 4.39 Å². The molecule has 0 radical (unpaired) electrons. The van der Waals surface area contributed by atoms with Crippen molar-refractivity contribution >= 4 is 5.91 Å². The fourth-order valence-electron chi connectivity index (χ4n) is 2.47. The molecule has 1 aromatic rings. The molecular weight excluding hydrogens is 243 g/mol. The Balaban J connectivity index is 1.75. The van der Waals surface area contributed by atoms with E-state index in [4.69, 9.17) is 5.73 Å². The fourth-order valence-corrected chi connectivity index (χ4v) is 2.47. The molecule has 1 saturated carbocycles. The number of benzene rings is 1. The van der Waals surface area contributed by atoms with Crippen molar-refractivity contribution in [1.29, 1.82) is 0 Å². The quantitative estimate of drug-likeness (QED) is 0.855. The lowest BCUT2D eigenvalue weighted by molar-refractivity contribution is -0.122. The average molecular weight is 264 g/mol. The van der Waals surface area contributed by atoms with Crippen LogP contribution < -0.4 is 11.1 Å². The standard InChI is InChI=1S/C15H21FN2O/c1-11-9-13(16)4-3-12(11)5-8-18-14(19)10-15(17)6-2-7-15/h3-4,9H,2,5-8,10,17H2,1H3,(H,18,19). The summed E-state index contributed by atoms with van der Waals surface area (Å²) in [7, 11) is 0. The van der Waals surface area contributed by atoms with Crippen molar-refractivity contribution in [2.45, 2.75) is 44.6 Å². The van der Waals surface area contributed by atoms with Gasteiger partial charge in [-0.1, -0.05) is 6.07 Å². The topological polar surface area (TPSA) is 55.1 Å². The summed E-state index contributed by atoms with van der Waals surface area (Å²) in [6, 6.07) is 4.74. The second kappa shape index (κ2) is 5.70. The molecule has 0 saturated heterocycles. The van der Waals surface area contributed by atoms with E-state index in [-0.39, 0.29) is 17.3 Å². The minimum atomic E-state index is -0.268. The number of aryl methyl sites for hydroxylation is 1. The lowest BCUT2D eigenvalue weighted by Gasteiger charge is -2.37. The highest BCUT2D eigenvalue weighted by Gasteiger charge is 2.34. The van der Waals surface area contributed by atoms with Crippen LogP contribution in [-0.2, 0) is 11.2 Å². The van der Waals surface area contributed by atoms with Gasteiger partial charge in [0.2, 0.25) is 5.91 Å². The highest BCUT2D eigenvalue weighted by molar-refractivity contribution is 5.77. The van der Waals surface area contributed by atoms with Gasteiger partial charge in [0.15, 0.2) is 0 Å². The van der Waals surface area contributed by atoms with Crippen molar-refractivity contribution in [3.63, 3.8) is 0 Å². The van der Waals surface area contributed by atoms with E-state index < -0.39 is 0 Å². The Morgan fingerprint density at radius 1 is 1.47 bits per heavy atom. The van der Waals surface area contributed by atoms with Gasteiger partial charge in [-0.2, -0.15) is 0 Å². The van der Waals surface area contributed by atoms with Crippen LogP contribution in [0.3, 0.4) is 0 Å². The molecule has 0 spiro atoms. The van der Waals surface area contributed by atoms with Crippen LogP contribution in [0.15, 0.2) is 18.2 Å². The maximum Gasteiger partial charge on any atom is 0.221 e. The first kappa shape index (κ1) is 14.0. The Bertz CT molecular complexity index is 469. The zero-order valence-corrected chi connectivity index (χ0v) is 11.3. The lowest BCUT2D eigenvalue weighted by Crippen LogP contribution is -2.50. The third-order valence-corrected chi connectivity index (χ3v) is 3.88. The normalized spacial score (nSPS) is 16.8. The van der Waals surface area contributed by atoms with Crippen LogP contribution in [0.25, 0.3) is 0 Å². The minimum absolute atomic E-state index is 0.0157. The third-order valence-electron chi connectivity index (χ3n) is 3.88. The van der Waals surface area contributed by atoms with E-state index in [1.807, 2.05) is 6.92 Å². The molecule has 0 aliphatic heterocycles. The SMILES string of the molecule is Cc1cc(F)ccc1CCNC(=O)CC1(N)CCC1. The molecule has 0 atom stereocenters. The zero-order valence-electron chi connectivity index (χ0n) is 11.3. The Morgan fingerprint density at radius 2 is 2.21 bits per heavy atom. The van der Waals surface area contributed by atoms with E-state index in [0.29, 0.717) is 13.0 Å². The van der Waals surface area contributed by atoms with Crippen molar-refractivity contribution in [1.82, 2.24) is 5.32 Å². The summed E-state index contributed by atoms with van der Waals surface area (Å²) in [5.41, 5.74) is 7.74. The number of hydrogen-bond donors (Lipinski definition) is 2. The molecule has 0 aromatic heterocycles. The first-order chi connectivity index (χ1) is 8.98. The van der Waals surface area contributed by atoms with Crippen LogP contribution >= 0.6 is 0 Å². The van der Waals surface area contributed by atoms with E-state index in [1.54, 1.807) is 6.07 Å². The summed E-state index contributed by atoms with van der Waals surface area (Å²) in [5.74, 6) is -0.206. The number of carbonyl (C=O) groups is 1. The van der Waals surface area contributed by atoms with Crippen LogP contribution in [-0.4, -0.2) is 18.0 Å². The highest BCUT2D eigenvalue weighted by atomic mass is 19.1. The molecular formula is C15H21FN2O. The second-order valence-corrected chi connectivity index (χ2v) is 5.56. The number of amides is 1. The molecule has 2 rings (SSSR count). The van der Waals surface area contributed by atoms with E-state index in [9.17, 15) is 9.18 Å². The number of nitrogens with one attached hydrogen (secondary N) is 1. The Kier molecular flexibility index (Phi) is 4.20. The number of nitrogens with two attached hydrogens (primary N) is 1. The van der Waals surface area contributed by atoms with Gasteiger partial charge < -0.3 is 11.1 Å². The van der Waals surface area contributed by atoms with Crippen LogP contribution in [0.1, 0.15) is 36.8 Å². The smallest absolute Gasteiger partial charge is 0.221 e. The number of carbonyl (C=O) groups excluding carboxylic acids is 1. The Morgan fingerprint density at radius 3 is 2.79 bits per heavy atom. The Labute approximate surface area is 113 Å². The molecule has 0 bridgehead atoms. The van der Waals surface area contributed by atoms with Crippen molar-refractivity contribution in [2.24, 2.45) is 5.73 Å². The molecule has 1 amide bonds. The summed E-state index contributed by atoms with van der Waals surface area (Å²) >= 11 is 0. The van der Waals surface area contributed by atoms with E-state index in [0.717, 1.165) is 36.8 Å². The monoisotopic (exact) mass is 264 g/mol. The molecule has 0 heterocycles. The Hall–Kier alpha value is -1.42. The maximum atomic E-state index is 12.9. The van der Waals surface area contributed by atoms with Gasteiger partial charge in [-0.05, 0) is 55.9 Å². The lowest BCUT2D eigenvalue weighted by atomic mass is 9.75. The fraction of sp³-hybridized carbons (Fsp3) is 0.533. The predicted molar refractivity (Wildman–Crippen MR) is 73.2 cm³/mol. The first-order valence-electron chi connectivity index (χ1n) is 6.79. The summed E-state index contributed by atoms with van der Waals surface area (Å²) in [6.07, 6.45) is 4.14. The largest absolute Gasteiger partial charge is 0.356 e. The van der Waals surface area contributed by atoms with Crippen LogP contribution in [0, 0.1) is 12.7 Å². The van der Waals surface area contributed by atoms with Gasteiger partial charge >= 0.3 is 0 Å². The zero-order chi connectivity index (χ0) is 13.9. The second-order valence-electron chi connectivity index (χ2n) is 5.56. The van der Waals surface area contributed by atoms with Gasteiger partial charge in [0.1, 0.15) is 5.82 Å². The first-order valence-corrected chi connectivity index (χ1v) is 6.79. The molecule has 104 valence electrons. The number of halogens is 1. The van der Waals surface area contributed by atoms with Gasteiger partial charge in [0.05, 0.1) is 0 Å². The molecule has 1 aliphatic carbocycles. The highest BCUT2D eigenvalue weighted by Crippen LogP contribution is 2.31. The predicted octanol–water partition coefficient (Wildman–Crippen LogP) is 2.06. The van der Waals surface area contributed by atoms with Crippen LogP contribution in [0.4, 0.5) is 4.39 Å². The summed E-state index contributed by atoms with van der Waals surface area (Å²) in [5, 5.41) is 2.88. The molecule has 19 heavy (non-hydrogen) atoms. The van der Waals surface area contributed by atoms with Crippen molar-refractivity contribution in [3.8, 4) is 0 Å². The molecule has 1 aliphatic rings. The number of rotatable bonds is 5. The van der Waals surface area contributed by atoms with Crippen molar-refractivity contribution < 1.29 is 9.18 Å². The maximum absolute atomic E-state index is 12.9. The van der Waals surface area contributed by atoms with E-state index >= 15 is 0 Å². The van der Waals surface area contributed by atoms with Gasteiger partial charge in [-0.15, -0.1) is 0 Å². The van der Waals surface area contributed by atoms with Gasteiger partial charge in [0.25, 0.3) is 0 Å². The number of hydrogen-bond acceptors (Lipinski definition) is 2. The molecule has 1 fully saturated rings. The van der Waals surface area contributed by atoms with Gasteiger partial charge in [0, 0.05) is 18.5 Å². The third kappa shape index (κ3) is 3.77. The van der Waals surface area contributed by atoms with Crippen molar-refractivity contribution in [2.75, 3.05) is 6.54 Å². The molecule has 4 heteroatoms. The molecule has 3 nitrogen and oxygen atoms in total. The molecule has 3 N–H and O–H groups in total. The van der Waals surface area contributed by atoms with Crippen LogP contribution in [0.2, 0.25) is 0 Å². The summed E-state index contributed by atoms with van der Waals surface area (Å²) in [6.45, 7) is 2.45. The average Bonchev–Trinajstić information content (AvgIpc) is 2.30.